The van der Waals surface area contributed by atoms with Gasteiger partial charge in [0.05, 0.1) is 11.3 Å². The van der Waals surface area contributed by atoms with Gasteiger partial charge in [0.25, 0.3) is 5.91 Å². The third kappa shape index (κ3) is 4.18. The van der Waals surface area contributed by atoms with E-state index in [4.69, 9.17) is 0 Å². The third-order valence-electron chi connectivity index (χ3n) is 5.57. The first-order valence-electron chi connectivity index (χ1n) is 9.79. The first-order valence-corrected chi connectivity index (χ1v) is 9.79. The van der Waals surface area contributed by atoms with Crippen molar-refractivity contribution in [1.82, 2.24) is 20.4 Å². The predicted molar refractivity (Wildman–Crippen MR) is 106 cm³/mol. The van der Waals surface area contributed by atoms with Gasteiger partial charge in [0.1, 0.15) is 11.6 Å². The van der Waals surface area contributed by atoms with Gasteiger partial charge >= 0.3 is 0 Å². The Bertz CT molecular complexity index is 1130. The van der Waals surface area contributed by atoms with Crippen LogP contribution in [0.3, 0.4) is 0 Å². The second-order valence-electron chi connectivity index (χ2n) is 7.50. The van der Waals surface area contributed by atoms with E-state index in [2.05, 4.69) is 15.7 Å². The maximum Gasteiger partial charge on any atom is 0.254 e. The average molecular weight is 432 g/mol. The van der Waals surface area contributed by atoms with Crippen molar-refractivity contribution in [2.24, 2.45) is 7.05 Å². The standard InChI is InChI=1S/C22H20F4N4O/c1-30-21(5-7-28-30)14-9-18(25)15(10-17(14)24)22(31)29-20-11-27-6-4-13(20)12-2-3-16(23)19(26)8-12/h2-3,5,7-10,13,20,27H,4,6,11H2,1H3,(H,29,31)/t13-,20+/m0/s1. The molecule has 1 aromatic heterocycles. The molecule has 2 atom stereocenters. The highest BCUT2D eigenvalue weighted by molar-refractivity contribution is 5.95. The van der Waals surface area contributed by atoms with E-state index in [1.807, 2.05) is 0 Å². The Morgan fingerprint density at radius 1 is 1.06 bits per heavy atom. The molecule has 1 aliphatic rings. The highest BCUT2D eigenvalue weighted by Gasteiger charge is 2.30. The number of hydrogen-bond donors (Lipinski definition) is 2. The fourth-order valence-corrected chi connectivity index (χ4v) is 3.95. The van der Waals surface area contributed by atoms with Crippen molar-refractivity contribution in [3.8, 4) is 11.3 Å². The molecule has 0 radical (unpaired) electrons. The van der Waals surface area contributed by atoms with Crippen LogP contribution in [0.4, 0.5) is 17.6 Å². The van der Waals surface area contributed by atoms with Crippen LogP contribution in [0.5, 0.6) is 0 Å². The molecule has 4 rings (SSSR count). The molecule has 1 amide bonds. The van der Waals surface area contributed by atoms with Crippen molar-refractivity contribution >= 4 is 5.91 Å². The van der Waals surface area contributed by atoms with Crippen LogP contribution in [-0.4, -0.2) is 34.8 Å². The zero-order valence-electron chi connectivity index (χ0n) is 16.6. The minimum atomic E-state index is -0.972. The molecule has 162 valence electrons. The second kappa shape index (κ2) is 8.50. The van der Waals surface area contributed by atoms with E-state index >= 15 is 0 Å². The van der Waals surface area contributed by atoms with Gasteiger partial charge in [-0.25, -0.2) is 17.6 Å². The number of carbonyl (C=O) groups excluding carboxylic acids is 1. The van der Waals surface area contributed by atoms with E-state index in [-0.39, 0.29) is 11.5 Å². The molecule has 31 heavy (non-hydrogen) atoms. The molecule has 0 aliphatic carbocycles. The number of nitrogens with zero attached hydrogens (tertiary/aromatic N) is 2. The highest BCUT2D eigenvalue weighted by atomic mass is 19.2. The topological polar surface area (TPSA) is 59.0 Å². The lowest BCUT2D eigenvalue weighted by Crippen LogP contribution is -2.50. The minimum absolute atomic E-state index is 0.00644. The normalized spacial score (nSPS) is 18.7. The van der Waals surface area contributed by atoms with Crippen molar-refractivity contribution in [2.75, 3.05) is 13.1 Å². The van der Waals surface area contributed by atoms with Crippen molar-refractivity contribution in [3.63, 3.8) is 0 Å². The van der Waals surface area contributed by atoms with E-state index < -0.39 is 40.8 Å². The number of hydrogen-bond acceptors (Lipinski definition) is 3. The molecule has 5 nitrogen and oxygen atoms in total. The molecule has 9 heteroatoms. The first-order chi connectivity index (χ1) is 14.8. The van der Waals surface area contributed by atoms with Gasteiger partial charge < -0.3 is 10.6 Å². The molecule has 2 aromatic carbocycles. The summed E-state index contributed by atoms with van der Waals surface area (Å²) >= 11 is 0. The Balaban J connectivity index is 1.58. The van der Waals surface area contributed by atoms with Gasteiger partial charge in [-0.3, -0.25) is 9.48 Å². The SMILES string of the molecule is Cn1nccc1-c1cc(F)c(C(=O)N[C@@H]2CNCC[C@H]2c2ccc(F)c(F)c2)cc1F. The van der Waals surface area contributed by atoms with Crippen molar-refractivity contribution in [1.29, 1.82) is 0 Å². The first kappa shape index (κ1) is 21.0. The van der Waals surface area contributed by atoms with Gasteiger partial charge in [0.2, 0.25) is 0 Å². The van der Waals surface area contributed by atoms with E-state index in [0.29, 0.717) is 30.8 Å². The Morgan fingerprint density at radius 3 is 2.58 bits per heavy atom. The number of halogens is 4. The summed E-state index contributed by atoms with van der Waals surface area (Å²) in [6.45, 7) is 0.977. The van der Waals surface area contributed by atoms with Crippen LogP contribution < -0.4 is 10.6 Å². The molecule has 0 unspecified atom stereocenters. The lowest BCUT2D eigenvalue weighted by Gasteiger charge is -2.33. The van der Waals surface area contributed by atoms with Gasteiger partial charge in [-0.1, -0.05) is 6.07 Å². The van der Waals surface area contributed by atoms with Crippen molar-refractivity contribution < 1.29 is 22.4 Å². The van der Waals surface area contributed by atoms with Crippen molar-refractivity contribution in [2.45, 2.75) is 18.4 Å². The van der Waals surface area contributed by atoms with Gasteiger partial charge in [-0.05, 0) is 48.9 Å². The lowest BCUT2D eigenvalue weighted by molar-refractivity contribution is 0.0920. The fraction of sp³-hybridized carbons (Fsp3) is 0.273. The quantitative estimate of drug-likeness (QED) is 0.621. The Morgan fingerprint density at radius 2 is 1.87 bits per heavy atom. The average Bonchev–Trinajstić information content (AvgIpc) is 3.17. The summed E-state index contributed by atoms with van der Waals surface area (Å²) in [5.74, 6) is -4.64. The van der Waals surface area contributed by atoms with Crippen LogP contribution in [0.25, 0.3) is 11.3 Å². The largest absolute Gasteiger partial charge is 0.347 e. The maximum absolute atomic E-state index is 14.7. The number of nitrogens with one attached hydrogen (secondary N) is 2. The summed E-state index contributed by atoms with van der Waals surface area (Å²) in [7, 11) is 1.60. The Hall–Kier alpha value is -3.20. The molecule has 1 aliphatic heterocycles. The van der Waals surface area contributed by atoms with E-state index in [0.717, 1.165) is 24.3 Å². The number of piperidine rings is 1. The van der Waals surface area contributed by atoms with Crippen molar-refractivity contribution in [3.05, 3.63) is 77.0 Å². The number of rotatable bonds is 4. The zero-order valence-corrected chi connectivity index (χ0v) is 16.6. The molecule has 3 aromatic rings. The Kier molecular flexibility index (Phi) is 5.77. The Labute approximate surface area is 176 Å². The van der Waals surface area contributed by atoms with Crippen LogP contribution in [-0.2, 0) is 7.05 Å². The second-order valence-corrected chi connectivity index (χ2v) is 7.50. The fourth-order valence-electron chi connectivity index (χ4n) is 3.95. The lowest BCUT2D eigenvalue weighted by atomic mass is 9.85. The zero-order chi connectivity index (χ0) is 22.1. The van der Waals surface area contributed by atoms with Crippen LogP contribution in [0.2, 0.25) is 0 Å². The summed E-state index contributed by atoms with van der Waals surface area (Å²) in [5, 5.41) is 9.77. The van der Waals surface area contributed by atoms with Gasteiger partial charge in [0, 0.05) is 37.3 Å². The summed E-state index contributed by atoms with van der Waals surface area (Å²) < 4.78 is 57.8. The monoisotopic (exact) mass is 432 g/mol. The smallest absolute Gasteiger partial charge is 0.254 e. The summed E-state index contributed by atoms with van der Waals surface area (Å²) in [6, 6.07) is 6.47. The van der Waals surface area contributed by atoms with E-state index in [1.165, 1.54) is 23.0 Å². The molecular weight excluding hydrogens is 412 g/mol. The molecular formula is C22H20F4N4O. The predicted octanol–water partition coefficient (Wildman–Crippen LogP) is 3.52. The van der Waals surface area contributed by atoms with Crippen LogP contribution in [0.15, 0.2) is 42.6 Å². The van der Waals surface area contributed by atoms with Gasteiger partial charge in [-0.2, -0.15) is 5.10 Å². The molecule has 0 spiro atoms. The number of carbonyl (C=O) groups is 1. The number of amides is 1. The van der Waals surface area contributed by atoms with Gasteiger partial charge in [0.15, 0.2) is 11.6 Å². The molecule has 2 heterocycles. The molecule has 0 saturated carbocycles. The summed E-state index contributed by atoms with van der Waals surface area (Å²) in [6.07, 6.45) is 2.02. The highest BCUT2D eigenvalue weighted by Crippen LogP contribution is 2.28. The van der Waals surface area contributed by atoms with E-state index in [1.54, 1.807) is 7.05 Å². The van der Waals surface area contributed by atoms with Crippen LogP contribution >= 0.6 is 0 Å². The molecule has 1 saturated heterocycles. The molecule has 0 bridgehead atoms. The number of aromatic nitrogens is 2. The van der Waals surface area contributed by atoms with Crippen LogP contribution in [0, 0.1) is 23.3 Å². The number of benzene rings is 2. The van der Waals surface area contributed by atoms with Gasteiger partial charge in [-0.15, -0.1) is 0 Å². The number of aryl methyl sites for hydroxylation is 1. The summed E-state index contributed by atoms with van der Waals surface area (Å²) in [4.78, 5) is 12.8. The molecule has 2 N–H and O–H groups in total. The molecule has 1 fully saturated rings. The van der Waals surface area contributed by atoms with Crippen LogP contribution in [0.1, 0.15) is 28.3 Å². The maximum atomic E-state index is 14.7. The minimum Gasteiger partial charge on any atom is -0.347 e. The third-order valence-corrected chi connectivity index (χ3v) is 5.57. The summed E-state index contributed by atoms with van der Waals surface area (Å²) in [5.41, 5.74) is 0.466. The van der Waals surface area contributed by atoms with E-state index in [9.17, 15) is 22.4 Å².